The molecule has 3 rings (SSSR count). The molecule has 2 aromatic rings. The Labute approximate surface area is 166 Å². The lowest BCUT2D eigenvalue weighted by molar-refractivity contribution is -0.0494. The van der Waals surface area contributed by atoms with Crippen molar-refractivity contribution in [1.29, 1.82) is 0 Å². The fourth-order valence-corrected chi connectivity index (χ4v) is 4.00. The molecule has 2 N–H and O–H groups in total. The second-order valence-corrected chi connectivity index (χ2v) is 7.64. The van der Waals surface area contributed by atoms with E-state index in [1.165, 1.54) is 18.2 Å². The van der Waals surface area contributed by atoms with Gasteiger partial charge in [-0.3, -0.25) is 4.68 Å². The molecule has 0 bridgehead atoms. The van der Waals surface area contributed by atoms with Crippen LogP contribution in [0.3, 0.4) is 0 Å². The van der Waals surface area contributed by atoms with Gasteiger partial charge in [0.05, 0.1) is 5.69 Å². The average Bonchev–Trinajstić information content (AvgIpc) is 3.21. The smallest absolute Gasteiger partial charge is 0.387 e. The number of pyridine rings is 1. The zero-order valence-electron chi connectivity index (χ0n) is 17.6. The van der Waals surface area contributed by atoms with Crippen molar-refractivity contribution >= 4 is 5.82 Å². The van der Waals surface area contributed by atoms with Gasteiger partial charge in [0.25, 0.3) is 0 Å². The lowest BCUT2D eigenvalue weighted by Gasteiger charge is -2.19. The maximum Gasteiger partial charge on any atom is 0.387 e. The first kappa shape index (κ1) is 22.1. The van der Waals surface area contributed by atoms with Crippen molar-refractivity contribution in [3.8, 4) is 17.0 Å². The monoisotopic (exact) mass is 394 g/mol. The summed E-state index contributed by atoms with van der Waals surface area (Å²) in [6, 6.07) is 3.74. The Balaban J connectivity index is 0.00000136. The second-order valence-electron chi connectivity index (χ2n) is 7.64. The molecule has 156 valence electrons. The number of nitrogens with zero attached hydrogens (tertiary/aromatic N) is 3. The molecule has 1 fully saturated rings. The maximum atomic E-state index is 12.6. The van der Waals surface area contributed by atoms with Crippen LogP contribution in [0.25, 0.3) is 11.3 Å². The molecule has 28 heavy (non-hydrogen) atoms. The highest BCUT2D eigenvalue weighted by molar-refractivity contribution is 5.64. The molecule has 1 aliphatic carbocycles. The zero-order valence-corrected chi connectivity index (χ0v) is 17.6. The summed E-state index contributed by atoms with van der Waals surface area (Å²) < 4.78 is 31.6. The van der Waals surface area contributed by atoms with E-state index in [2.05, 4.69) is 43.5 Å². The van der Waals surface area contributed by atoms with Crippen molar-refractivity contribution in [3.63, 3.8) is 0 Å². The molecule has 1 aliphatic rings. The van der Waals surface area contributed by atoms with Gasteiger partial charge in [0.15, 0.2) is 11.6 Å². The van der Waals surface area contributed by atoms with Gasteiger partial charge in [0.2, 0.25) is 0 Å². The standard InChI is InChI=1S/C19H26F2N4O.C2H6/c1-10(2)25-16(14-6-11(3)5-12(14)4)8-15(24-25)13-7-17(26-19(20)21)18(22)23-9-13;1-2/h7-12,14,19H,5-6H2,1-4H3,(H2,22,23);1-2H3/t11-,12?,14-;/m1./s1. The third-order valence-corrected chi connectivity index (χ3v) is 5.14. The summed E-state index contributed by atoms with van der Waals surface area (Å²) in [5, 5.41) is 4.73. The minimum atomic E-state index is -2.95. The molecule has 0 radical (unpaired) electrons. The number of alkyl halides is 2. The summed E-state index contributed by atoms with van der Waals surface area (Å²) >= 11 is 0. The van der Waals surface area contributed by atoms with Crippen LogP contribution in [0.4, 0.5) is 14.6 Å². The molecular formula is C21H32F2N4O. The van der Waals surface area contributed by atoms with Crippen molar-refractivity contribution < 1.29 is 13.5 Å². The Morgan fingerprint density at radius 3 is 2.39 bits per heavy atom. The van der Waals surface area contributed by atoms with Gasteiger partial charge >= 0.3 is 6.61 Å². The fourth-order valence-electron chi connectivity index (χ4n) is 4.00. The van der Waals surface area contributed by atoms with Crippen LogP contribution in [-0.2, 0) is 0 Å². The van der Waals surface area contributed by atoms with Crippen molar-refractivity contribution in [3.05, 3.63) is 24.0 Å². The molecule has 2 aromatic heterocycles. The van der Waals surface area contributed by atoms with Crippen molar-refractivity contribution in [2.24, 2.45) is 11.8 Å². The van der Waals surface area contributed by atoms with E-state index in [0.29, 0.717) is 29.0 Å². The number of halogens is 2. The summed E-state index contributed by atoms with van der Waals surface area (Å²) in [4.78, 5) is 3.99. The third kappa shape index (κ3) is 4.80. The number of ether oxygens (including phenoxy) is 1. The van der Waals surface area contributed by atoms with E-state index in [-0.39, 0.29) is 17.6 Å². The van der Waals surface area contributed by atoms with Crippen LogP contribution in [0.5, 0.6) is 5.75 Å². The number of rotatable bonds is 5. The molecule has 0 spiro atoms. The molecule has 0 saturated heterocycles. The molecule has 2 heterocycles. The topological polar surface area (TPSA) is 66.0 Å². The molecule has 5 nitrogen and oxygen atoms in total. The number of anilines is 1. The summed E-state index contributed by atoms with van der Waals surface area (Å²) in [5.41, 5.74) is 8.15. The van der Waals surface area contributed by atoms with E-state index >= 15 is 0 Å². The van der Waals surface area contributed by atoms with Gasteiger partial charge in [-0.15, -0.1) is 0 Å². The molecule has 1 unspecified atom stereocenters. The van der Waals surface area contributed by atoms with E-state index < -0.39 is 6.61 Å². The number of hydrogen-bond acceptors (Lipinski definition) is 4. The quantitative estimate of drug-likeness (QED) is 0.687. The molecule has 3 atom stereocenters. The van der Waals surface area contributed by atoms with Crippen LogP contribution in [-0.4, -0.2) is 21.4 Å². The third-order valence-electron chi connectivity index (χ3n) is 5.14. The Morgan fingerprint density at radius 2 is 1.86 bits per heavy atom. The van der Waals surface area contributed by atoms with Crippen LogP contribution in [0.1, 0.15) is 72.0 Å². The SMILES string of the molecule is CC.CC1C[C@@H](C)C[C@H]1c1cc(-c2cnc(N)c(OC(F)F)c2)nn1C(C)C. The number of nitrogen functional groups attached to an aromatic ring is 1. The van der Waals surface area contributed by atoms with Gasteiger partial charge in [0.1, 0.15) is 0 Å². The van der Waals surface area contributed by atoms with Gasteiger partial charge in [-0.2, -0.15) is 13.9 Å². The van der Waals surface area contributed by atoms with Crippen LogP contribution < -0.4 is 10.5 Å². The van der Waals surface area contributed by atoms with Crippen molar-refractivity contribution in [2.75, 3.05) is 5.73 Å². The summed E-state index contributed by atoms with van der Waals surface area (Å²) in [5.74, 6) is 1.55. The van der Waals surface area contributed by atoms with Gasteiger partial charge in [-0.05, 0) is 50.7 Å². The number of aromatic nitrogens is 3. The molecule has 0 aliphatic heterocycles. The van der Waals surface area contributed by atoms with E-state index in [1.807, 2.05) is 18.5 Å². The predicted molar refractivity (Wildman–Crippen MR) is 109 cm³/mol. The Hall–Kier alpha value is -2.18. The maximum absolute atomic E-state index is 12.6. The fraction of sp³-hybridized carbons (Fsp3) is 0.619. The number of hydrogen-bond donors (Lipinski definition) is 1. The lowest BCUT2D eigenvalue weighted by atomic mass is 9.93. The first-order chi connectivity index (χ1) is 13.3. The highest BCUT2D eigenvalue weighted by Gasteiger charge is 2.33. The van der Waals surface area contributed by atoms with Crippen molar-refractivity contribution in [2.45, 2.75) is 73.0 Å². The van der Waals surface area contributed by atoms with E-state index in [0.717, 1.165) is 6.42 Å². The second kappa shape index (κ2) is 9.34. The molecule has 1 saturated carbocycles. The van der Waals surface area contributed by atoms with Gasteiger partial charge in [-0.1, -0.05) is 27.7 Å². The van der Waals surface area contributed by atoms with Crippen LogP contribution in [0, 0.1) is 11.8 Å². The average molecular weight is 395 g/mol. The minimum Gasteiger partial charge on any atom is -0.431 e. The molecule has 7 heteroatoms. The van der Waals surface area contributed by atoms with E-state index in [9.17, 15) is 8.78 Å². The normalized spacial score (nSPS) is 21.7. The largest absolute Gasteiger partial charge is 0.431 e. The lowest BCUT2D eigenvalue weighted by Crippen LogP contribution is -2.13. The first-order valence-electron chi connectivity index (χ1n) is 10.1. The van der Waals surface area contributed by atoms with Gasteiger partial charge < -0.3 is 10.5 Å². The predicted octanol–water partition coefficient (Wildman–Crippen LogP) is 5.89. The van der Waals surface area contributed by atoms with E-state index in [1.54, 1.807) is 6.20 Å². The van der Waals surface area contributed by atoms with Gasteiger partial charge in [-0.25, -0.2) is 4.98 Å². The van der Waals surface area contributed by atoms with Gasteiger partial charge in [0, 0.05) is 29.4 Å². The minimum absolute atomic E-state index is 0.0594. The molecule has 0 aromatic carbocycles. The highest BCUT2D eigenvalue weighted by atomic mass is 19.3. The van der Waals surface area contributed by atoms with Crippen LogP contribution in [0.2, 0.25) is 0 Å². The van der Waals surface area contributed by atoms with Crippen LogP contribution >= 0.6 is 0 Å². The Kier molecular flexibility index (Phi) is 7.38. The van der Waals surface area contributed by atoms with E-state index in [4.69, 9.17) is 10.8 Å². The highest BCUT2D eigenvalue weighted by Crippen LogP contribution is 2.44. The van der Waals surface area contributed by atoms with Crippen LogP contribution in [0.15, 0.2) is 18.3 Å². The Bertz CT molecular complexity index is 776. The summed E-state index contributed by atoms with van der Waals surface area (Å²) in [6.45, 7) is 9.81. The first-order valence-corrected chi connectivity index (χ1v) is 10.1. The summed E-state index contributed by atoms with van der Waals surface area (Å²) in [7, 11) is 0. The zero-order chi connectivity index (χ0) is 21.0. The van der Waals surface area contributed by atoms with Crippen molar-refractivity contribution in [1.82, 2.24) is 14.8 Å². The Morgan fingerprint density at radius 1 is 1.18 bits per heavy atom. The number of nitrogens with two attached hydrogens (primary N) is 1. The molecule has 0 amide bonds. The molecular weight excluding hydrogens is 362 g/mol. The summed E-state index contributed by atoms with van der Waals surface area (Å²) in [6.07, 6.45) is 3.89.